The SMILES string of the molecule is C[C@H](O[Si](C)(C)C(C)(C)C)[C@H](/C=C/C=O)O[Si](c1ccccc1)(c1ccccc1)C(C)(C)C. The molecule has 2 atom stereocenters. The van der Waals surface area contributed by atoms with Crippen LogP contribution in [0, 0.1) is 0 Å². The Bertz CT molecular complexity index is 870. The minimum Gasteiger partial charge on any atom is -0.411 e. The summed E-state index contributed by atoms with van der Waals surface area (Å²) >= 11 is 0. The highest BCUT2D eigenvalue weighted by molar-refractivity contribution is 6.99. The molecule has 0 bridgehead atoms. The number of allylic oxidation sites excluding steroid dienone is 1. The van der Waals surface area contributed by atoms with Gasteiger partial charge in [0.05, 0.1) is 12.2 Å². The van der Waals surface area contributed by atoms with Crippen molar-refractivity contribution in [1.29, 1.82) is 0 Å². The number of aldehydes is 1. The van der Waals surface area contributed by atoms with E-state index in [4.69, 9.17) is 8.85 Å². The minimum atomic E-state index is -2.78. The van der Waals surface area contributed by atoms with E-state index in [1.54, 1.807) is 6.08 Å². The predicted octanol–water partition coefficient (Wildman–Crippen LogP) is 6.10. The van der Waals surface area contributed by atoms with E-state index in [2.05, 4.69) is 110 Å². The Balaban J connectivity index is 2.66. The average Bonchev–Trinajstić information content (AvgIpc) is 2.73. The summed E-state index contributed by atoms with van der Waals surface area (Å²) in [6.45, 7) is 20.1. The lowest BCUT2D eigenvalue weighted by atomic mass is 10.2. The fraction of sp³-hybridized carbons (Fsp3) is 0.464. The summed E-state index contributed by atoms with van der Waals surface area (Å²) in [7, 11) is -4.81. The van der Waals surface area contributed by atoms with Gasteiger partial charge in [-0.2, -0.15) is 0 Å². The van der Waals surface area contributed by atoms with Gasteiger partial charge < -0.3 is 8.85 Å². The Morgan fingerprint density at radius 1 is 0.758 bits per heavy atom. The molecular weight excluding hydrogens is 440 g/mol. The number of rotatable bonds is 9. The molecule has 3 nitrogen and oxygen atoms in total. The predicted molar refractivity (Wildman–Crippen MR) is 145 cm³/mol. The van der Waals surface area contributed by atoms with Gasteiger partial charge in [-0.15, -0.1) is 0 Å². The van der Waals surface area contributed by atoms with Crippen molar-refractivity contribution in [2.24, 2.45) is 0 Å². The lowest BCUT2D eigenvalue weighted by molar-refractivity contribution is -0.104. The van der Waals surface area contributed by atoms with E-state index in [-0.39, 0.29) is 22.3 Å². The van der Waals surface area contributed by atoms with Gasteiger partial charge in [0.15, 0.2) is 8.32 Å². The van der Waals surface area contributed by atoms with Crippen LogP contribution < -0.4 is 10.4 Å². The zero-order valence-electron chi connectivity index (χ0n) is 21.9. The summed E-state index contributed by atoms with van der Waals surface area (Å²) in [5.74, 6) is 0. The Labute approximate surface area is 203 Å². The second kappa shape index (κ2) is 10.6. The maximum Gasteiger partial charge on any atom is 0.262 e. The van der Waals surface area contributed by atoms with Crippen LogP contribution in [0.3, 0.4) is 0 Å². The minimum absolute atomic E-state index is 0.0809. The molecule has 0 saturated carbocycles. The van der Waals surface area contributed by atoms with Crippen LogP contribution in [-0.4, -0.2) is 35.1 Å². The van der Waals surface area contributed by atoms with E-state index in [0.717, 1.165) is 6.29 Å². The van der Waals surface area contributed by atoms with Crippen molar-refractivity contribution in [3.05, 3.63) is 72.8 Å². The number of hydrogen-bond donors (Lipinski definition) is 0. The third-order valence-electron chi connectivity index (χ3n) is 6.86. The molecule has 0 unspecified atom stereocenters. The van der Waals surface area contributed by atoms with Crippen molar-refractivity contribution in [3.8, 4) is 0 Å². The maximum absolute atomic E-state index is 11.3. The van der Waals surface area contributed by atoms with Gasteiger partial charge in [-0.25, -0.2) is 0 Å². The first-order valence-electron chi connectivity index (χ1n) is 11.8. The molecule has 0 saturated heterocycles. The second-order valence-corrected chi connectivity index (χ2v) is 20.4. The molecular formula is C28H42O3Si2. The van der Waals surface area contributed by atoms with Gasteiger partial charge in [-0.05, 0) is 46.5 Å². The zero-order chi connectivity index (χ0) is 24.9. The van der Waals surface area contributed by atoms with Crippen molar-refractivity contribution < 1.29 is 13.6 Å². The number of benzene rings is 2. The van der Waals surface area contributed by atoms with Crippen molar-refractivity contribution in [1.82, 2.24) is 0 Å². The van der Waals surface area contributed by atoms with E-state index >= 15 is 0 Å². The van der Waals surface area contributed by atoms with Crippen LogP contribution in [0.2, 0.25) is 23.2 Å². The molecule has 0 N–H and O–H groups in total. The van der Waals surface area contributed by atoms with Crippen LogP contribution in [0.4, 0.5) is 0 Å². The largest absolute Gasteiger partial charge is 0.411 e. The maximum atomic E-state index is 11.3. The first-order chi connectivity index (χ1) is 15.3. The monoisotopic (exact) mass is 482 g/mol. The average molecular weight is 483 g/mol. The first-order valence-corrected chi connectivity index (χ1v) is 16.7. The third-order valence-corrected chi connectivity index (χ3v) is 16.5. The molecule has 0 radical (unpaired) electrons. The standard InChI is InChI=1S/C28H42O3Si2/c1-23(30-32(8,9)27(2,3)4)26(21-16-22-29)31-33(28(5,6)7,24-17-12-10-13-18-24)25-19-14-11-15-20-25/h10-23,26H,1-9H3/b21-16+/t23-,26-/m0/s1. The van der Waals surface area contributed by atoms with Crippen molar-refractivity contribution in [2.45, 2.75) is 83.8 Å². The lowest BCUT2D eigenvalue weighted by Crippen LogP contribution is -2.68. The zero-order valence-corrected chi connectivity index (χ0v) is 23.9. The molecule has 2 aromatic rings. The Hall–Kier alpha value is -1.80. The molecule has 0 aliphatic rings. The van der Waals surface area contributed by atoms with Crippen molar-refractivity contribution in [3.63, 3.8) is 0 Å². The topological polar surface area (TPSA) is 35.5 Å². The third kappa shape index (κ3) is 6.21. The van der Waals surface area contributed by atoms with Crippen LogP contribution in [0.1, 0.15) is 48.5 Å². The van der Waals surface area contributed by atoms with Gasteiger partial charge in [-0.3, -0.25) is 4.79 Å². The highest BCUT2D eigenvalue weighted by Gasteiger charge is 2.52. The fourth-order valence-corrected chi connectivity index (χ4v) is 10.2. The quantitative estimate of drug-likeness (QED) is 0.246. The van der Waals surface area contributed by atoms with Gasteiger partial charge in [0.2, 0.25) is 0 Å². The summed E-state index contributed by atoms with van der Waals surface area (Å²) in [5, 5.41) is 2.36. The van der Waals surface area contributed by atoms with Crippen LogP contribution >= 0.6 is 0 Å². The van der Waals surface area contributed by atoms with Crippen LogP contribution in [0.5, 0.6) is 0 Å². The molecule has 2 rings (SSSR count). The molecule has 5 heteroatoms. The van der Waals surface area contributed by atoms with Gasteiger partial charge in [0.1, 0.15) is 6.29 Å². The van der Waals surface area contributed by atoms with Crippen LogP contribution in [0.15, 0.2) is 72.8 Å². The summed E-state index contributed by atoms with van der Waals surface area (Å²) in [5.41, 5.74) is 0. The second-order valence-electron chi connectivity index (χ2n) is 11.3. The molecule has 0 aromatic heterocycles. The number of carbonyl (C=O) groups excluding carboxylic acids is 1. The summed E-state index contributed by atoms with van der Waals surface area (Å²) in [6.07, 6.45) is 3.71. The highest BCUT2D eigenvalue weighted by Crippen LogP contribution is 2.40. The van der Waals surface area contributed by atoms with Gasteiger partial charge in [0, 0.05) is 0 Å². The normalized spacial score (nSPS) is 15.4. The molecule has 0 amide bonds. The molecule has 0 aliphatic heterocycles. The van der Waals surface area contributed by atoms with Crippen molar-refractivity contribution >= 4 is 33.3 Å². The summed E-state index contributed by atoms with van der Waals surface area (Å²) < 4.78 is 14.0. The molecule has 0 aliphatic carbocycles. The number of hydrogen-bond acceptors (Lipinski definition) is 3. The number of carbonyl (C=O) groups is 1. The lowest BCUT2D eigenvalue weighted by Gasteiger charge is -2.47. The Morgan fingerprint density at radius 3 is 1.58 bits per heavy atom. The highest BCUT2D eigenvalue weighted by atomic mass is 28.4. The summed E-state index contributed by atoms with van der Waals surface area (Å²) in [6, 6.07) is 21.2. The van der Waals surface area contributed by atoms with E-state index in [1.165, 1.54) is 10.4 Å². The fourth-order valence-electron chi connectivity index (χ4n) is 4.05. The molecule has 2 aromatic carbocycles. The Kier molecular flexibility index (Phi) is 8.85. The Morgan fingerprint density at radius 2 is 1.21 bits per heavy atom. The first kappa shape index (κ1) is 27.4. The van der Waals surface area contributed by atoms with Gasteiger partial charge in [-0.1, -0.05) is 108 Å². The van der Waals surface area contributed by atoms with E-state index in [0.29, 0.717) is 0 Å². The van der Waals surface area contributed by atoms with Gasteiger partial charge >= 0.3 is 0 Å². The molecule has 33 heavy (non-hydrogen) atoms. The summed E-state index contributed by atoms with van der Waals surface area (Å²) in [4.78, 5) is 11.3. The molecule has 0 spiro atoms. The molecule has 0 fully saturated rings. The van der Waals surface area contributed by atoms with Crippen LogP contribution in [-0.2, 0) is 13.6 Å². The molecule has 180 valence electrons. The van der Waals surface area contributed by atoms with E-state index in [1.807, 2.05) is 18.2 Å². The van der Waals surface area contributed by atoms with E-state index in [9.17, 15) is 4.79 Å². The molecule has 0 heterocycles. The van der Waals surface area contributed by atoms with Crippen molar-refractivity contribution in [2.75, 3.05) is 0 Å². The van der Waals surface area contributed by atoms with Gasteiger partial charge in [0.25, 0.3) is 8.32 Å². The smallest absolute Gasteiger partial charge is 0.262 e. The van der Waals surface area contributed by atoms with E-state index < -0.39 is 16.6 Å². The van der Waals surface area contributed by atoms with Crippen LogP contribution in [0.25, 0.3) is 0 Å².